The van der Waals surface area contributed by atoms with Crippen LogP contribution in [0.2, 0.25) is 0 Å². The molecule has 0 aliphatic heterocycles. The first kappa shape index (κ1) is 13.9. The molecule has 1 saturated carbocycles. The Balaban J connectivity index is 1.95. The largest absolute Gasteiger partial charge is 0.378 e. The Hall–Kier alpha value is -0.490. The molecule has 1 fully saturated rings. The first-order valence-electron chi connectivity index (χ1n) is 6.53. The van der Waals surface area contributed by atoms with Gasteiger partial charge in [0.1, 0.15) is 0 Å². The van der Waals surface area contributed by atoms with Gasteiger partial charge in [-0.3, -0.25) is 4.90 Å². The number of nitrogens with zero attached hydrogens (tertiary/aromatic N) is 2. The lowest BCUT2D eigenvalue weighted by atomic mass is 9.73. The lowest BCUT2D eigenvalue weighted by Crippen LogP contribution is -2.62. The number of nitrogens with two attached hydrogens (primary N) is 1. The zero-order valence-electron chi connectivity index (χ0n) is 11.5. The Morgan fingerprint density at radius 3 is 2.83 bits per heavy atom. The third-order valence-corrected chi connectivity index (χ3v) is 4.95. The summed E-state index contributed by atoms with van der Waals surface area (Å²) in [6.45, 7) is 6.55. The van der Waals surface area contributed by atoms with Gasteiger partial charge in [-0.25, -0.2) is 4.98 Å². The molecule has 0 atom stereocenters. The topological polar surface area (TPSA) is 51.4 Å². The van der Waals surface area contributed by atoms with Crippen LogP contribution in [-0.2, 0) is 11.3 Å². The highest BCUT2D eigenvalue weighted by Crippen LogP contribution is 2.39. The van der Waals surface area contributed by atoms with Crippen LogP contribution in [-0.4, -0.2) is 41.7 Å². The van der Waals surface area contributed by atoms with Gasteiger partial charge in [0.2, 0.25) is 0 Å². The molecule has 0 amide bonds. The highest BCUT2D eigenvalue weighted by molar-refractivity contribution is 7.09. The van der Waals surface area contributed by atoms with Crippen molar-refractivity contribution < 1.29 is 4.74 Å². The Morgan fingerprint density at radius 1 is 1.61 bits per heavy atom. The summed E-state index contributed by atoms with van der Waals surface area (Å²) < 4.78 is 5.65. The van der Waals surface area contributed by atoms with E-state index in [0.717, 1.165) is 31.7 Å². The maximum atomic E-state index is 5.99. The number of hydrogen-bond acceptors (Lipinski definition) is 5. The Bertz CT molecular complexity index is 387. The van der Waals surface area contributed by atoms with E-state index in [2.05, 4.69) is 23.9 Å². The van der Waals surface area contributed by atoms with Gasteiger partial charge in [0.15, 0.2) is 0 Å². The zero-order valence-corrected chi connectivity index (χ0v) is 12.3. The van der Waals surface area contributed by atoms with Crippen LogP contribution in [0.5, 0.6) is 0 Å². The number of aryl methyl sites for hydroxylation is 1. The van der Waals surface area contributed by atoms with Crippen molar-refractivity contribution in [2.45, 2.75) is 44.9 Å². The van der Waals surface area contributed by atoms with Crippen LogP contribution in [0.25, 0.3) is 0 Å². The van der Waals surface area contributed by atoms with E-state index in [-0.39, 0.29) is 5.54 Å². The average Bonchev–Trinajstić information content (AvgIpc) is 2.69. The maximum Gasteiger partial charge on any atom is 0.0798 e. The summed E-state index contributed by atoms with van der Waals surface area (Å²) in [5.41, 5.74) is 9.16. The number of likely N-dealkylation sites (N-methyl/N-ethyl adjacent to an activating group) is 1. The fourth-order valence-corrected chi connectivity index (χ4v) is 3.47. The van der Waals surface area contributed by atoms with Crippen molar-refractivity contribution in [1.29, 1.82) is 0 Å². The van der Waals surface area contributed by atoms with Crippen molar-refractivity contribution in [1.82, 2.24) is 9.88 Å². The molecule has 102 valence electrons. The molecule has 1 heterocycles. The molecule has 1 aliphatic carbocycles. The summed E-state index contributed by atoms with van der Waals surface area (Å²) >= 11 is 1.73. The van der Waals surface area contributed by atoms with Gasteiger partial charge in [-0.1, -0.05) is 0 Å². The second-order valence-corrected chi connectivity index (χ2v) is 6.07. The van der Waals surface area contributed by atoms with E-state index >= 15 is 0 Å². The number of aromatic nitrogens is 1. The molecule has 0 spiro atoms. The van der Waals surface area contributed by atoms with Crippen molar-refractivity contribution in [3.8, 4) is 0 Å². The second kappa shape index (κ2) is 5.65. The van der Waals surface area contributed by atoms with Crippen molar-refractivity contribution in [2.75, 3.05) is 20.2 Å². The van der Waals surface area contributed by atoms with Crippen LogP contribution in [0.3, 0.4) is 0 Å². The van der Waals surface area contributed by atoms with Crippen LogP contribution in [0.15, 0.2) is 5.51 Å². The van der Waals surface area contributed by atoms with Gasteiger partial charge in [-0.15, -0.1) is 11.3 Å². The molecule has 0 bridgehead atoms. The molecule has 1 aromatic rings. The minimum Gasteiger partial charge on any atom is -0.378 e. The van der Waals surface area contributed by atoms with Gasteiger partial charge < -0.3 is 10.5 Å². The highest BCUT2D eigenvalue weighted by Gasteiger charge is 2.46. The first-order valence-corrected chi connectivity index (χ1v) is 7.41. The molecule has 4 nitrogen and oxygen atoms in total. The number of ether oxygens (including phenoxy) is 1. The van der Waals surface area contributed by atoms with E-state index in [4.69, 9.17) is 10.5 Å². The summed E-state index contributed by atoms with van der Waals surface area (Å²) in [5.74, 6) is 0. The SMILES string of the molecule is CCOC1CC(CN)(N(C)Cc2scnc2C)C1. The van der Waals surface area contributed by atoms with Gasteiger partial charge >= 0.3 is 0 Å². The third kappa shape index (κ3) is 2.59. The van der Waals surface area contributed by atoms with Crippen molar-refractivity contribution >= 4 is 11.3 Å². The highest BCUT2D eigenvalue weighted by atomic mass is 32.1. The molecule has 1 aliphatic rings. The van der Waals surface area contributed by atoms with Crippen molar-refractivity contribution in [2.24, 2.45) is 5.73 Å². The number of hydrogen-bond donors (Lipinski definition) is 1. The molecule has 5 heteroatoms. The molecule has 18 heavy (non-hydrogen) atoms. The van der Waals surface area contributed by atoms with E-state index in [1.807, 2.05) is 12.4 Å². The number of thiazole rings is 1. The minimum atomic E-state index is 0.121. The van der Waals surface area contributed by atoms with E-state index in [9.17, 15) is 0 Å². The second-order valence-electron chi connectivity index (χ2n) is 5.13. The smallest absolute Gasteiger partial charge is 0.0798 e. The molecular formula is C13H23N3OS. The van der Waals surface area contributed by atoms with Crippen LogP contribution in [0.4, 0.5) is 0 Å². The monoisotopic (exact) mass is 269 g/mol. The van der Waals surface area contributed by atoms with Gasteiger partial charge in [0.05, 0.1) is 17.3 Å². The van der Waals surface area contributed by atoms with E-state index in [1.165, 1.54) is 4.88 Å². The lowest BCUT2D eigenvalue weighted by molar-refractivity contribution is -0.0945. The standard InChI is InChI=1S/C13H23N3OS/c1-4-17-11-5-13(6-11,8-14)16(3)7-12-10(2)15-9-18-12/h9,11H,4-8,14H2,1-3H3. The fourth-order valence-electron chi connectivity index (χ4n) is 2.64. The zero-order chi connectivity index (χ0) is 13.2. The summed E-state index contributed by atoms with van der Waals surface area (Å²) in [4.78, 5) is 8.02. The van der Waals surface area contributed by atoms with Crippen LogP contribution < -0.4 is 5.73 Å². The van der Waals surface area contributed by atoms with E-state index < -0.39 is 0 Å². The first-order chi connectivity index (χ1) is 8.61. The molecule has 2 N–H and O–H groups in total. The molecule has 0 aromatic carbocycles. The minimum absolute atomic E-state index is 0.121. The Labute approximate surface area is 113 Å². The van der Waals surface area contributed by atoms with E-state index in [1.54, 1.807) is 11.3 Å². The van der Waals surface area contributed by atoms with Gasteiger partial charge in [-0.05, 0) is 33.7 Å². The quantitative estimate of drug-likeness (QED) is 0.855. The summed E-state index contributed by atoms with van der Waals surface area (Å²) in [5, 5.41) is 0. The third-order valence-electron chi connectivity index (χ3n) is 4.03. The van der Waals surface area contributed by atoms with Crippen LogP contribution in [0.1, 0.15) is 30.3 Å². The Kier molecular flexibility index (Phi) is 4.37. The predicted molar refractivity (Wildman–Crippen MR) is 74.8 cm³/mol. The molecule has 2 rings (SSSR count). The van der Waals surface area contributed by atoms with Crippen molar-refractivity contribution in [3.63, 3.8) is 0 Å². The summed E-state index contributed by atoms with van der Waals surface area (Å²) in [7, 11) is 2.16. The van der Waals surface area contributed by atoms with Gasteiger partial charge in [0, 0.05) is 30.1 Å². The summed E-state index contributed by atoms with van der Waals surface area (Å²) in [6.07, 6.45) is 2.49. The van der Waals surface area contributed by atoms with Crippen molar-refractivity contribution in [3.05, 3.63) is 16.1 Å². The predicted octanol–water partition coefficient (Wildman–Crippen LogP) is 1.78. The molecule has 0 unspecified atom stereocenters. The maximum absolute atomic E-state index is 5.99. The molecule has 0 saturated heterocycles. The summed E-state index contributed by atoms with van der Waals surface area (Å²) in [6, 6.07) is 0. The average molecular weight is 269 g/mol. The lowest BCUT2D eigenvalue weighted by Gasteiger charge is -2.52. The Morgan fingerprint density at radius 2 is 2.33 bits per heavy atom. The van der Waals surface area contributed by atoms with Gasteiger partial charge in [-0.2, -0.15) is 0 Å². The fraction of sp³-hybridized carbons (Fsp3) is 0.769. The molecular weight excluding hydrogens is 246 g/mol. The van der Waals surface area contributed by atoms with Gasteiger partial charge in [0.25, 0.3) is 0 Å². The van der Waals surface area contributed by atoms with Crippen LogP contribution >= 0.6 is 11.3 Å². The molecule has 0 radical (unpaired) electrons. The normalized spacial score (nSPS) is 27.5. The number of rotatable bonds is 6. The van der Waals surface area contributed by atoms with E-state index in [0.29, 0.717) is 12.6 Å². The van der Waals surface area contributed by atoms with Crippen LogP contribution in [0, 0.1) is 6.92 Å². The molecule has 1 aromatic heterocycles.